The highest BCUT2D eigenvalue weighted by molar-refractivity contribution is 6.32. The fourth-order valence-corrected chi connectivity index (χ4v) is 2.43. The molecule has 0 aromatic heterocycles. The van der Waals surface area contributed by atoms with Gasteiger partial charge in [-0.25, -0.2) is 4.79 Å². The first-order chi connectivity index (χ1) is 10.7. The summed E-state index contributed by atoms with van der Waals surface area (Å²) in [7, 11) is 0. The number of amides is 1. The molecule has 0 aliphatic heterocycles. The maximum Gasteiger partial charge on any atom is 0.412 e. The van der Waals surface area contributed by atoms with Crippen LogP contribution in [-0.4, -0.2) is 16.7 Å². The Morgan fingerprint density at radius 2 is 1.91 bits per heavy atom. The second-order valence-electron chi connectivity index (χ2n) is 6.08. The van der Waals surface area contributed by atoms with Crippen LogP contribution in [0.3, 0.4) is 0 Å². The van der Waals surface area contributed by atoms with Crippen LogP contribution in [0.4, 0.5) is 16.2 Å². The molecule has 2 rings (SSSR count). The molecule has 2 aromatic rings. The van der Waals surface area contributed by atoms with Crippen LogP contribution in [0.15, 0.2) is 42.5 Å². The van der Waals surface area contributed by atoms with Crippen molar-refractivity contribution in [2.45, 2.75) is 26.3 Å². The molecule has 23 heavy (non-hydrogen) atoms. The van der Waals surface area contributed by atoms with Gasteiger partial charge in [-0.15, -0.1) is 0 Å². The zero-order valence-corrected chi connectivity index (χ0v) is 14.0. The second kappa shape index (κ2) is 6.38. The summed E-state index contributed by atoms with van der Waals surface area (Å²) in [6.45, 7) is 5.47. The normalized spacial score (nSPS) is 11.1. The van der Waals surface area contributed by atoms with Gasteiger partial charge in [-0.3, -0.25) is 4.90 Å². The minimum atomic E-state index is -1.03. The Balaban J connectivity index is 2.34. The lowest BCUT2D eigenvalue weighted by Crippen LogP contribution is -2.45. The summed E-state index contributed by atoms with van der Waals surface area (Å²) in [5.74, 6) is 0.945. The van der Waals surface area contributed by atoms with Crippen LogP contribution in [0.1, 0.15) is 20.8 Å². The highest BCUT2D eigenvalue weighted by Gasteiger charge is 2.28. The van der Waals surface area contributed by atoms with Crippen molar-refractivity contribution in [3.8, 4) is 11.5 Å². The lowest BCUT2D eigenvalue weighted by molar-refractivity contribution is 0.195. The highest BCUT2D eigenvalue weighted by atomic mass is 35.5. The summed E-state index contributed by atoms with van der Waals surface area (Å²) in [5, 5.41) is 9.86. The Hall–Kier alpha value is -2.40. The van der Waals surface area contributed by atoms with Crippen LogP contribution in [0, 0.1) is 0 Å². The van der Waals surface area contributed by atoms with Gasteiger partial charge in [-0.05, 0) is 51.1 Å². The van der Waals surface area contributed by atoms with Gasteiger partial charge < -0.3 is 15.6 Å². The molecule has 0 spiro atoms. The van der Waals surface area contributed by atoms with Crippen LogP contribution >= 0.6 is 11.6 Å². The van der Waals surface area contributed by atoms with Gasteiger partial charge in [0.25, 0.3) is 0 Å². The number of nitrogens with zero attached hydrogens (tertiary/aromatic N) is 1. The van der Waals surface area contributed by atoms with E-state index in [1.165, 1.54) is 4.90 Å². The Kier molecular flexibility index (Phi) is 4.71. The Morgan fingerprint density at radius 3 is 2.48 bits per heavy atom. The van der Waals surface area contributed by atoms with Crippen LogP contribution in [0.2, 0.25) is 5.02 Å². The van der Waals surface area contributed by atoms with E-state index in [9.17, 15) is 9.90 Å². The average molecular weight is 335 g/mol. The third-order valence-corrected chi connectivity index (χ3v) is 3.42. The van der Waals surface area contributed by atoms with Crippen molar-refractivity contribution in [1.29, 1.82) is 0 Å². The van der Waals surface area contributed by atoms with Crippen LogP contribution in [-0.2, 0) is 0 Å². The van der Waals surface area contributed by atoms with Crippen molar-refractivity contribution in [3.63, 3.8) is 0 Å². The number of benzene rings is 2. The molecule has 5 nitrogen and oxygen atoms in total. The minimum absolute atomic E-state index is 0.390. The van der Waals surface area contributed by atoms with Gasteiger partial charge in [0.05, 0.1) is 10.7 Å². The van der Waals surface area contributed by atoms with Crippen molar-refractivity contribution < 1.29 is 14.6 Å². The standard InChI is InChI=1S/C17H19ClN2O3/c1-17(2,3)20(16(21)22)12-5-4-6-13(10-12)23-15-8-7-11(19)9-14(15)18/h4-10H,19H2,1-3H3,(H,21,22). The van der Waals surface area contributed by atoms with E-state index in [1.807, 2.05) is 20.8 Å². The summed E-state index contributed by atoms with van der Waals surface area (Å²) in [5.41, 5.74) is 6.14. The molecular formula is C17H19ClN2O3. The third-order valence-electron chi connectivity index (χ3n) is 3.12. The molecule has 0 fully saturated rings. The van der Waals surface area contributed by atoms with E-state index in [0.717, 1.165) is 0 Å². The molecule has 0 atom stereocenters. The fourth-order valence-electron chi connectivity index (χ4n) is 2.20. The predicted molar refractivity (Wildman–Crippen MR) is 92.6 cm³/mol. The number of halogens is 1. The molecule has 122 valence electrons. The first-order valence-corrected chi connectivity index (χ1v) is 7.42. The number of carboxylic acid groups (broad SMARTS) is 1. The van der Waals surface area contributed by atoms with Crippen LogP contribution < -0.4 is 15.4 Å². The molecule has 0 radical (unpaired) electrons. The van der Waals surface area contributed by atoms with Crippen molar-refractivity contribution in [2.75, 3.05) is 10.6 Å². The van der Waals surface area contributed by atoms with Crippen molar-refractivity contribution in [2.24, 2.45) is 0 Å². The first-order valence-electron chi connectivity index (χ1n) is 7.04. The fraction of sp³-hybridized carbons (Fsp3) is 0.235. The number of rotatable bonds is 3. The van der Waals surface area contributed by atoms with Crippen LogP contribution in [0.5, 0.6) is 11.5 Å². The van der Waals surface area contributed by atoms with E-state index in [1.54, 1.807) is 42.5 Å². The minimum Gasteiger partial charge on any atom is -0.465 e. The molecule has 1 amide bonds. The lowest BCUT2D eigenvalue weighted by atomic mass is 10.1. The largest absolute Gasteiger partial charge is 0.465 e. The molecular weight excluding hydrogens is 316 g/mol. The number of nitrogen functional groups attached to an aromatic ring is 1. The topological polar surface area (TPSA) is 75.8 Å². The van der Waals surface area contributed by atoms with Crippen molar-refractivity contribution in [3.05, 3.63) is 47.5 Å². The number of hydrogen-bond acceptors (Lipinski definition) is 3. The van der Waals surface area contributed by atoms with Gasteiger partial charge >= 0.3 is 6.09 Å². The van der Waals surface area contributed by atoms with Crippen LogP contribution in [0.25, 0.3) is 0 Å². The van der Waals surface area contributed by atoms with Gasteiger partial charge in [0.1, 0.15) is 11.5 Å². The molecule has 0 saturated carbocycles. The van der Waals surface area contributed by atoms with Gasteiger partial charge in [-0.1, -0.05) is 17.7 Å². The monoisotopic (exact) mass is 334 g/mol. The molecule has 0 aliphatic rings. The molecule has 3 N–H and O–H groups in total. The number of hydrogen-bond donors (Lipinski definition) is 2. The highest BCUT2D eigenvalue weighted by Crippen LogP contribution is 2.33. The predicted octanol–water partition coefficient (Wildman–Crippen LogP) is 5.00. The zero-order valence-electron chi connectivity index (χ0n) is 13.2. The summed E-state index contributed by atoms with van der Waals surface area (Å²) in [6.07, 6.45) is -1.03. The molecule has 0 saturated heterocycles. The lowest BCUT2D eigenvalue weighted by Gasteiger charge is -2.33. The molecule has 0 unspecified atom stereocenters. The summed E-state index contributed by atoms with van der Waals surface area (Å²) in [6, 6.07) is 11.8. The first kappa shape index (κ1) is 17.0. The SMILES string of the molecule is CC(C)(C)N(C(=O)O)c1cccc(Oc2ccc(N)cc2Cl)c1. The second-order valence-corrected chi connectivity index (χ2v) is 6.49. The maximum atomic E-state index is 11.6. The Labute approximate surface area is 140 Å². The van der Waals surface area contributed by atoms with Gasteiger partial charge in [-0.2, -0.15) is 0 Å². The van der Waals surface area contributed by atoms with E-state index in [0.29, 0.717) is 27.9 Å². The van der Waals surface area contributed by atoms with Gasteiger partial charge in [0, 0.05) is 17.3 Å². The van der Waals surface area contributed by atoms with E-state index in [4.69, 9.17) is 22.1 Å². The number of ether oxygens (including phenoxy) is 1. The summed E-state index contributed by atoms with van der Waals surface area (Å²) < 4.78 is 5.74. The summed E-state index contributed by atoms with van der Waals surface area (Å²) >= 11 is 6.10. The number of carbonyl (C=O) groups is 1. The van der Waals surface area contributed by atoms with E-state index in [-0.39, 0.29) is 0 Å². The Bertz CT molecular complexity index is 726. The van der Waals surface area contributed by atoms with Crippen molar-refractivity contribution >= 4 is 29.1 Å². The molecule has 2 aromatic carbocycles. The maximum absolute atomic E-state index is 11.6. The van der Waals surface area contributed by atoms with Crippen molar-refractivity contribution in [1.82, 2.24) is 0 Å². The van der Waals surface area contributed by atoms with E-state index >= 15 is 0 Å². The average Bonchev–Trinajstić information content (AvgIpc) is 2.40. The van der Waals surface area contributed by atoms with E-state index in [2.05, 4.69) is 0 Å². The molecule has 0 aliphatic carbocycles. The van der Waals surface area contributed by atoms with E-state index < -0.39 is 11.6 Å². The quantitative estimate of drug-likeness (QED) is 0.775. The third kappa shape index (κ3) is 4.07. The number of nitrogens with two attached hydrogens (primary N) is 1. The molecule has 0 bridgehead atoms. The molecule has 6 heteroatoms. The van der Waals surface area contributed by atoms with Gasteiger partial charge in [0.2, 0.25) is 0 Å². The zero-order chi connectivity index (χ0) is 17.2. The smallest absolute Gasteiger partial charge is 0.412 e. The summed E-state index contributed by atoms with van der Waals surface area (Å²) in [4.78, 5) is 12.8. The molecule has 0 heterocycles. The number of anilines is 2. The Morgan fingerprint density at radius 1 is 1.22 bits per heavy atom. The van der Waals surface area contributed by atoms with Gasteiger partial charge in [0.15, 0.2) is 0 Å².